The van der Waals surface area contributed by atoms with Crippen LogP contribution < -0.4 is 0 Å². The fourth-order valence-electron chi connectivity index (χ4n) is 1.16. The summed E-state index contributed by atoms with van der Waals surface area (Å²) >= 11 is 0. The first-order valence-corrected chi connectivity index (χ1v) is 6.11. The summed E-state index contributed by atoms with van der Waals surface area (Å²) in [6, 6.07) is 0. The highest BCUT2D eigenvalue weighted by molar-refractivity contribution is 4.55. The highest BCUT2D eigenvalue weighted by atomic mass is 16.6. The van der Waals surface area contributed by atoms with Gasteiger partial charge in [-0.3, -0.25) is 0 Å². The van der Waals surface area contributed by atoms with Crippen LogP contribution in [0.5, 0.6) is 0 Å². The van der Waals surface area contributed by atoms with Crippen LogP contribution in [0.15, 0.2) is 0 Å². The Labute approximate surface area is 99.2 Å². The molecule has 0 amide bonds. The van der Waals surface area contributed by atoms with E-state index in [9.17, 15) is 0 Å². The molecular weight excluding hydrogens is 208 g/mol. The van der Waals surface area contributed by atoms with Gasteiger partial charge in [0.1, 0.15) is 6.10 Å². The number of methoxy groups -OCH3 is 1. The molecule has 0 N–H and O–H groups in total. The summed E-state index contributed by atoms with van der Waals surface area (Å²) in [4.78, 5) is 0. The van der Waals surface area contributed by atoms with Crippen LogP contribution in [0.1, 0.15) is 26.7 Å². The molecule has 0 radical (unpaired) electrons. The summed E-state index contributed by atoms with van der Waals surface area (Å²) in [5, 5.41) is 0. The smallest absolute Gasteiger partial charge is 0.104 e. The number of hydrogen-bond acceptors (Lipinski definition) is 4. The number of rotatable bonds is 12. The summed E-state index contributed by atoms with van der Waals surface area (Å²) in [5.74, 6) is 0. The largest absolute Gasteiger partial charge is 0.382 e. The summed E-state index contributed by atoms with van der Waals surface area (Å²) in [7, 11) is 1.67. The van der Waals surface area contributed by atoms with Crippen molar-refractivity contribution >= 4 is 0 Å². The summed E-state index contributed by atoms with van der Waals surface area (Å²) < 4.78 is 21.5. The molecule has 0 aromatic carbocycles. The first-order chi connectivity index (χ1) is 7.85. The van der Waals surface area contributed by atoms with E-state index in [0.717, 1.165) is 26.1 Å². The average Bonchev–Trinajstić information content (AvgIpc) is 2.29. The molecule has 0 atom stereocenters. The molecule has 0 heterocycles. The van der Waals surface area contributed by atoms with E-state index in [2.05, 4.69) is 13.8 Å². The molecule has 4 nitrogen and oxygen atoms in total. The van der Waals surface area contributed by atoms with Gasteiger partial charge in [0.15, 0.2) is 0 Å². The lowest BCUT2D eigenvalue weighted by Crippen LogP contribution is -2.27. The van der Waals surface area contributed by atoms with Crippen molar-refractivity contribution in [3.05, 3.63) is 0 Å². The van der Waals surface area contributed by atoms with Crippen molar-refractivity contribution in [3.63, 3.8) is 0 Å². The fourth-order valence-corrected chi connectivity index (χ4v) is 1.16. The van der Waals surface area contributed by atoms with Crippen LogP contribution in [0.25, 0.3) is 0 Å². The maximum absolute atomic E-state index is 5.60. The highest BCUT2D eigenvalue weighted by Crippen LogP contribution is 1.97. The monoisotopic (exact) mass is 234 g/mol. The van der Waals surface area contributed by atoms with E-state index in [1.165, 1.54) is 0 Å². The van der Waals surface area contributed by atoms with Crippen LogP contribution in [-0.2, 0) is 18.9 Å². The second-order valence-corrected chi connectivity index (χ2v) is 3.64. The third-order valence-corrected chi connectivity index (χ3v) is 1.95. The lowest BCUT2D eigenvalue weighted by atomic mass is 10.4. The van der Waals surface area contributed by atoms with Crippen molar-refractivity contribution in [1.82, 2.24) is 0 Å². The Hall–Kier alpha value is -0.160. The van der Waals surface area contributed by atoms with Gasteiger partial charge in [-0.15, -0.1) is 0 Å². The van der Waals surface area contributed by atoms with Crippen molar-refractivity contribution < 1.29 is 18.9 Å². The minimum absolute atomic E-state index is 0.0215. The third kappa shape index (κ3) is 10.4. The Bertz CT molecular complexity index is 106. The van der Waals surface area contributed by atoms with E-state index >= 15 is 0 Å². The Morgan fingerprint density at radius 1 is 0.812 bits per heavy atom. The minimum atomic E-state index is 0.0215. The number of hydrogen-bond donors (Lipinski definition) is 0. The van der Waals surface area contributed by atoms with Crippen LogP contribution in [-0.4, -0.2) is 52.9 Å². The molecule has 0 aromatic heterocycles. The van der Waals surface area contributed by atoms with Gasteiger partial charge in [0.05, 0.1) is 26.4 Å². The maximum atomic E-state index is 5.60. The molecule has 0 aliphatic rings. The topological polar surface area (TPSA) is 36.9 Å². The van der Waals surface area contributed by atoms with Gasteiger partial charge < -0.3 is 18.9 Å². The second-order valence-electron chi connectivity index (χ2n) is 3.64. The fraction of sp³-hybridized carbons (Fsp3) is 1.00. The van der Waals surface area contributed by atoms with Gasteiger partial charge in [-0.05, 0) is 12.8 Å². The number of ether oxygens (including phenoxy) is 4. The molecule has 0 aromatic rings. The van der Waals surface area contributed by atoms with Crippen LogP contribution in [0, 0.1) is 0 Å². The highest BCUT2D eigenvalue weighted by Gasteiger charge is 2.09. The predicted octanol–water partition coefficient (Wildman–Crippen LogP) is 1.87. The van der Waals surface area contributed by atoms with Crippen molar-refractivity contribution in [3.8, 4) is 0 Å². The molecule has 98 valence electrons. The van der Waals surface area contributed by atoms with Crippen LogP contribution in [0.3, 0.4) is 0 Å². The average molecular weight is 234 g/mol. The van der Waals surface area contributed by atoms with Crippen LogP contribution in [0.2, 0.25) is 0 Å². The van der Waals surface area contributed by atoms with E-state index in [-0.39, 0.29) is 6.10 Å². The zero-order chi connectivity index (χ0) is 12.1. The van der Waals surface area contributed by atoms with E-state index in [1.54, 1.807) is 7.11 Å². The predicted molar refractivity (Wildman–Crippen MR) is 63.8 cm³/mol. The quantitative estimate of drug-likeness (QED) is 0.483. The molecular formula is C12H26O4. The van der Waals surface area contributed by atoms with Crippen molar-refractivity contribution in [2.24, 2.45) is 0 Å². The maximum Gasteiger partial charge on any atom is 0.104 e. The third-order valence-electron chi connectivity index (χ3n) is 1.95. The molecule has 4 heteroatoms. The lowest BCUT2D eigenvalue weighted by Gasteiger charge is -2.17. The van der Waals surface area contributed by atoms with Gasteiger partial charge >= 0.3 is 0 Å². The van der Waals surface area contributed by atoms with Gasteiger partial charge in [-0.2, -0.15) is 0 Å². The molecule has 0 saturated heterocycles. The Morgan fingerprint density at radius 2 is 1.38 bits per heavy atom. The molecule has 16 heavy (non-hydrogen) atoms. The Balaban J connectivity index is 3.58. The normalized spacial score (nSPS) is 11.2. The van der Waals surface area contributed by atoms with E-state index < -0.39 is 0 Å². The Kier molecular flexibility index (Phi) is 12.8. The zero-order valence-electron chi connectivity index (χ0n) is 10.9. The van der Waals surface area contributed by atoms with E-state index in [4.69, 9.17) is 18.9 Å². The first-order valence-electron chi connectivity index (χ1n) is 6.11. The van der Waals surface area contributed by atoms with E-state index in [0.29, 0.717) is 26.4 Å². The zero-order valence-corrected chi connectivity index (χ0v) is 10.9. The summed E-state index contributed by atoms with van der Waals surface area (Å²) in [6.07, 6.45) is 2.08. The SMILES string of the molecule is CCCOCC(COCCC)OCCOC. The molecule has 0 fully saturated rings. The second kappa shape index (κ2) is 12.9. The van der Waals surface area contributed by atoms with Crippen LogP contribution >= 0.6 is 0 Å². The standard InChI is InChI=1S/C12H26O4/c1-4-6-14-10-12(11-15-7-5-2)16-9-8-13-3/h12H,4-11H2,1-3H3. The minimum Gasteiger partial charge on any atom is -0.382 e. The van der Waals surface area contributed by atoms with Crippen molar-refractivity contribution in [2.75, 3.05) is 46.8 Å². The summed E-state index contributed by atoms with van der Waals surface area (Å²) in [6.45, 7) is 8.13. The molecule has 0 aliphatic carbocycles. The molecule has 0 saturated carbocycles. The van der Waals surface area contributed by atoms with Gasteiger partial charge in [0, 0.05) is 20.3 Å². The van der Waals surface area contributed by atoms with Gasteiger partial charge in [0.2, 0.25) is 0 Å². The van der Waals surface area contributed by atoms with E-state index in [1.807, 2.05) is 0 Å². The first kappa shape index (κ1) is 15.8. The van der Waals surface area contributed by atoms with Crippen LogP contribution in [0.4, 0.5) is 0 Å². The molecule has 0 aliphatic heterocycles. The molecule has 0 rings (SSSR count). The van der Waals surface area contributed by atoms with Crippen molar-refractivity contribution in [2.45, 2.75) is 32.8 Å². The molecule has 0 bridgehead atoms. The Morgan fingerprint density at radius 3 is 1.81 bits per heavy atom. The van der Waals surface area contributed by atoms with Gasteiger partial charge in [-0.1, -0.05) is 13.8 Å². The summed E-state index contributed by atoms with van der Waals surface area (Å²) in [5.41, 5.74) is 0. The molecule has 0 spiro atoms. The van der Waals surface area contributed by atoms with Gasteiger partial charge in [0.25, 0.3) is 0 Å². The van der Waals surface area contributed by atoms with Gasteiger partial charge in [-0.25, -0.2) is 0 Å². The van der Waals surface area contributed by atoms with Crippen molar-refractivity contribution in [1.29, 1.82) is 0 Å². The lowest BCUT2D eigenvalue weighted by molar-refractivity contribution is -0.0698. The molecule has 0 unspecified atom stereocenters.